The Bertz CT molecular complexity index is 528. The highest BCUT2D eigenvalue weighted by molar-refractivity contribution is 5.95. The maximum atomic E-state index is 11.9. The first kappa shape index (κ1) is 12.4. The molecule has 0 saturated heterocycles. The van der Waals surface area contributed by atoms with Gasteiger partial charge in [-0.05, 0) is 31.0 Å². The van der Waals surface area contributed by atoms with Crippen LogP contribution >= 0.6 is 0 Å². The Kier molecular flexibility index (Phi) is 3.77. The SMILES string of the molecule is CCn1cc(C(=O)CCc2ccc(N)cc2)cn1. The number of nitrogens with zero attached hydrogens (tertiary/aromatic N) is 2. The van der Waals surface area contributed by atoms with Crippen LogP contribution in [0.1, 0.15) is 29.3 Å². The Labute approximate surface area is 106 Å². The number of anilines is 1. The largest absolute Gasteiger partial charge is 0.399 e. The summed E-state index contributed by atoms with van der Waals surface area (Å²) in [6.07, 6.45) is 4.66. The van der Waals surface area contributed by atoms with Crippen molar-refractivity contribution >= 4 is 11.5 Å². The van der Waals surface area contributed by atoms with Gasteiger partial charge in [0.15, 0.2) is 5.78 Å². The topological polar surface area (TPSA) is 60.9 Å². The lowest BCUT2D eigenvalue weighted by atomic mass is 10.0. The lowest BCUT2D eigenvalue weighted by Crippen LogP contribution is -2.00. The van der Waals surface area contributed by atoms with Crippen LogP contribution in [0.2, 0.25) is 0 Å². The average Bonchev–Trinajstić information content (AvgIpc) is 2.86. The summed E-state index contributed by atoms with van der Waals surface area (Å²) in [6.45, 7) is 2.78. The van der Waals surface area contributed by atoms with Crippen molar-refractivity contribution in [2.75, 3.05) is 5.73 Å². The van der Waals surface area contributed by atoms with Gasteiger partial charge in [-0.3, -0.25) is 9.48 Å². The number of benzene rings is 1. The molecule has 94 valence electrons. The molecule has 0 radical (unpaired) electrons. The summed E-state index contributed by atoms with van der Waals surface area (Å²) >= 11 is 0. The quantitative estimate of drug-likeness (QED) is 0.647. The normalized spacial score (nSPS) is 10.5. The molecule has 2 aromatic rings. The van der Waals surface area contributed by atoms with Gasteiger partial charge in [0.2, 0.25) is 0 Å². The van der Waals surface area contributed by atoms with Crippen LogP contribution in [0.15, 0.2) is 36.7 Å². The molecule has 1 heterocycles. The smallest absolute Gasteiger partial charge is 0.166 e. The molecule has 1 aromatic heterocycles. The summed E-state index contributed by atoms with van der Waals surface area (Å²) in [5.41, 5.74) is 8.17. The molecule has 2 N–H and O–H groups in total. The van der Waals surface area contributed by atoms with E-state index < -0.39 is 0 Å². The Balaban J connectivity index is 1.93. The Morgan fingerprint density at radius 1 is 1.33 bits per heavy atom. The van der Waals surface area contributed by atoms with Gasteiger partial charge in [0.25, 0.3) is 0 Å². The monoisotopic (exact) mass is 243 g/mol. The maximum Gasteiger partial charge on any atom is 0.166 e. The second-order valence-electron chi connectivity index (χ2n) is 4.25. The number of ketones is 1. The summed E-state index contributed by atoms with van der Waals surface area (Å²) < 4.78 is 1.76. The molecule has 4 nitrogen and oxygen atoms in total. The zero-order chi connectivity index (χ0) is 13.0. The minimum absolute atomic E-state index is 0.131. The number of carbonyl (C=O) groups excluding carboxylic acids is 1. The third-order valence-corrected chi connectivity index (χ3v) is 2.90. The fraction of sp³-hybridized carbons (Fsp3) is 0.286. The van der Waals surface area contributed by atoms with Gasteiger partial charge in [-0.15, -0.1) is 0 Å². The van der Waals surface area contributed by atoms with E-state index >= 15 is 0 Å². The van der Waals surface area contributed by atoms with E-state index in [2.05, 4.69) is 5.10 Å². The zero-order valence-electron chi connectivity index (χ0n) is 10.5. The molecule has 0 aliphatic heterocycles. The third kappa shape index (κ3) is 2.97. The highest BCUT2D eigenvalue weighted by Gasteiger charge is 2.08. The van der Waals surface area contributed by atoms with Gasteiger partial charge in [0, 0.05) is 24.8 Å². The van der Waals surface area contributed by atoms with Crippen LogP contribution in [0.5, 0.6) is 0 Å². The number of hydrogen-bond donors (Lipinski definition) is 1. The molecule has 0 fully saturated rings. The first-order chi connectivity index (χ1) is 8.69. The number of rotatable bonds is 5. The molecular formula is C14H17N3O. The van der Waals surface area contributed by atoms with Gasteiger partial charge in [-0.25, -0.2) is 0 Å². The summed E-state index contributed by atoms with van der Waals surface area (Å²) in [7, 11) is 0. The van der Waals surface area contributed by atoms with Crippen molar-refractivity contribution in [3.05, 3.63) is 47.8 Å². The average molecular weight is 243 g/mol. The summed E-state index contributed by atoms with van der Waals surface area (Å²) in [6, 6.07) is 7.63. The van der Waals surface area contributed by atoms with Gasteiger partial charge in [-0.2, -0.15) is 5.10 Å². The molecule has 18 heavy (non-hydrogen) atoms. The maximum absolute atomic E-state index is 11.9. The molecule has 0 aliphatic rings. The predicted octanol–water partition coefficient (Wildman–Crippen LogP) is 2.30. The van der Waals surface area contributed by atoms with Gasteiger partial charge in [0.05, 0.1) is 11.8 Å². The van der Waals surface area contributed by atoms with Crippen LogP contribution in [0.4, 0.5) is 5.69 Å². The fourth-order valence-corrected chi connectivity index (χ4v) is 1.77. The van der Waals surface area contributed by atoms with Crippen molar-refractivity contribution in [3.8, 4) is 0 Å². The molecule has 0 aliphatic carbocycles. The van der Waals surface area contributed by atoms with Crippen molar-refractivity contribution in [3.63, 3.8) is 0 Å². The third-order valence-electron chi connectivity index (χ3n) is 2.90. The van der Waals surface area contributed by atoms with Crippen LogP contribution in [0, 0.1) is 0 Å². The van der Waals surface area contributed by atoms with E-state index in [9.17, 15) is 4.79 Å². The first-order valence-corrected chi connectivity index (χ1v) is 6.09. The first-order valence-electron chi connectivity index (χ1n) is 6.09. The van der Waals surface area contributed by atoms with Gasteiger partial charge < -0.3 is 5.73 Å². The van der Waals surface area contributed by atoms with Crippen LogP contribution in [0.3, 0.4) is 0 Å². The van der Waals surface area contributed by atoms with Crippen molar-refractivity contribution < 1.29 is 4.79 Å². The van der Waals surface area contributed by atoms with Gasteiger partial charge >= 0.3 is 0 Å². The summed E-state index contributed by atoms with van der Waals surface area (Å²) in [4.78, 5) is 11.9. The van der Waals surface area contributed by atoms with E-state index in [1.54, 1.807) is 17.1 Å². The lowest BCUT2D eigenvalue weighted by Gasteiger charge is -2.00. The van der Waals surface area contributed by atoms with E-state index in [0.29, 0.717) is 12.0 Å². The number of hydrogen-bond acceptors (Lipinski definition) is 3. The second kappa shape index (κ2) is 5.49. The number of aryl methyl sites for hydroxylation is 2. The van der Waals surface area contributed by atoms with Crippen molar-refractivity contribution in [1.82, 2.24) is 9.78 Å². The van der Waals surface area contributed by atoms with E-state index in [1.165, 1.54) is 0 Å². The predicted molar refractivity (Wildman–Crippen MR) is 71.4 cm³/mol. The molecule has 0 atom stereocenters. The molecule has 4 heteroatoms. The number of nitrogen functional groups attached to an aromatic ring is 1. The van der Waals surface area contributed by atoms with Crippen LogP contribution in [-0.4, -0.2) is 15.6 Å². The molecular weight excluding hydrogens is 226 g/mol. The van der Waals surface area contributed by atoms with Gasteiger partial charge in [-0.1, -0.05) is 12.1 Å². The second-order valence-corrected chi connectivity index (χ2v) is 4.25. The minimum Gasteiger partial charge on any atom is -0.399 e. The van der Waals surface area contributed by atoms with Crippen molar-refractivity contribution in [2.24, 2.45) is 0 Å². The van der Waals surface area contributed by atoms with E-state index in [1.807, 2.05) is 31.2 Å². The molecule has 0 spiro atoms. The molecule has 0 unspecified atom stereocenters. The Morgan fingerprint density at radius 2 is 2.06 bits per heavy atom. The molecule has 2 rings (SSSR count). The highest BCUT2D eigenvalue weighted by Crippen LogP contribution is 2.10. The van der Waals surface area contributed by atoms with E-state index in [-0.39, 0.29) is 5.78 Å². The number of aromatic nitrogens is 2. The Hall–Kier alpha value is -2.10. The number of Topliss-reactive ketones (excluding diaryl/α,β-unsaturated/α-hetero) is 1. The molecule has 1 aromatic carbocycles. The van der Waals surface area contributed by atoms with Crippen LogP contribution < -0.4 is 5.73 Å². The molecule has 0 bridgehead atoms. The summed E-state index contributed by atoms with van der Waals surface area (Å²) in [5, 5.41) is 4.10. The van der Waals surface area contributed by atoms with Crippen LogP contribution in [0.25, 0.3) is 0 Å². The number of carbonyl (C=O) groups is 1. The standard InChI is InChI=1S/C14H17N3O/c1-2-17-10-12(9-16-17)14(18)8-5-11-3-6-13(15)7-4-11/h3-4,6-7,9-10H,2,5,8,15H2,1H3. The fourth-order valence-electron chi connectivity index (χ4n) is 1.77. The van der Waals surface area contributed by atoms with E-state index in [0.717, 1.165) is 24.2 Å². The lowest BCUT2D eigenvalue weighted by molar-refractivity contribution is 0.0983. The molecule has 0 amide bonds. The van der Waals surface area contributed by atoms with Crippen molar-refractivity contribution in [1.29, 1.82) is 0 Å². The minimum atomic E-state index is 0.131. The summed E-state index contributed by atoms with van der Waals surface area (Å²) in [5.74, 6) is 0.131. The van der Waals surface area contributed by atoms with Gasteiger partial charge in [0.1, 0.15) is 0 Å². The molecule has 0 saturated carbocycles. The van der Waals surface area contributed by atoms with Crippen molar-refractivity contribution in [2.45, 2.75) is 26.3 Å². The van der Waals surface area contributed by atoms with Crippen LogP contribution in [-0.2, 0) is 13.0 Å². The van der Waals surface area contributed by atoms with E-state index in [4.69, 9.17) is 5.73 Å². The Morgan fingerprint density at radius 3 is 2.67 bits per heavy atom. The highest BCUT2D eigenvalue weighted by atomic mass is 16.1. The zero-order valence-corrected chi connectivity index (χ0v) is 10.5. The number of nitrogens with two attached hydrogens (primary N) is 1.